The van der Waals surface area contributed by atoms with Crippen LogP contribution in [0.5, 0.6) is 0 Å². The molecule has 0 spiro atoms. The molecule has 1 amide bonds. The van der Waals surface area contributed by atoms with E-state index >= 15 is 0 Å². The Balaban J connectivity index is 1.94. The molecule has 0 saturated heterocycles. The van der Waals surface area contributed by atoms with Crippen molar-refractivity contribution in [2.45, 2.75) is 0 Å². The number of hydrogen-bond donors (Lipinski definition) is 1. The Morgan fingerprint density at radius 3 is 2.56 bits per heavy atom. The Kier molecular flexibility index (Phi) is 5.04. The fourth-order valence-electron chi connectivity index (χ4n) is 2.46. The zero-order valence-corrected chi connectivity index (χ0v) is 14.5. The molecule has 0 heterocycles. The van der Waals surface area contributed by atoms with Crippen LogP contribution in [0.1, 0.15) is 5.56 Å². The SMILES string of the molecule is N#CC(=Cc1cccc2ccccc12)C(=O)Nc1ccc(Cl)cc1Cl. The highest BCUT2D eigenvalue weighted by Crippen LogP contribution is 2.26. The fourth-order valence-corrected chi connectivity index (χ4v) is 2.92. The molecular formula is C20H12Cl2N2O. The van der Waals surface area contributed by atoms with Crippen LogP contribution >= 0.6 is 23.2 Å². The van der Waals surface area contributed by atoms with E-state index in [9.17, 15) is 10.1 Å². The van der Waals surface area contributed by atoms with Gasteiger partial charge in [-0.3, -0.25) is 4.79 Å². The van der Waals surface area contributed by atoms with Gasteiger partial charge in [-0.15, -0.1) is 0 Å². The molecule has 1 N–H and O–H groups in total. The molecule has 5 heteroatoms. The Morgan fingerprint density at radius 1 is 1.04 bits per heavy atom. The number of anilines is 1. The third-order valence-electron chi connectivity index (χ3n) is 3.67. The van der Waals surface area contributed by atoms with E-state index in [0.29, 0.717) is 15.7 Å². The summed E-state index contributed by atoms with van der Waals surface area (Å²) in [6.07, 6.45) is 1.57. The van der Waals surface area contributed by atoms with Crippen LogP contribution in [-0.2, 0) is 4.79 Å². The van der Waals surface area contributed by atoms with Gasteiger partial charge in [0.25, 0.3) is 5.91 Å². The predicted molar refractivity (Wildman–Crippen MR) is 103 cm³/mol. The van der Waals surface area contributed by atoms with Crippen LogP contribution < -0.4 is 5.32 Å². The Morgan fingerprint density at radius 2 is 1.80 bits per heavy atom. The van der Waals surface area contributed by atoms with Gasteiger partial charge in [-0.2, -0.15) is 5.26 Å². The van der Waals surface area contributed by atoms with Crippen molar-refractivity contribution in [1.82, 2.24) is 0 Å². The average molecular weight is 367 g/mol. The molecule has 0 aliphatic rings. The molecular weight excluding hydrogens is 355 g/mol. The molecule has 3 aromatic carbocycles. The quantitative estimate of drug-likeness (QED) is 0.477. The molecule has 3 nitrogen and oxygen atoms in total. The summed E-state index contributed by atoms with van der Waals surface area (Å²) in [5, 5.41) is 14.8. The average Bonchev–Trinajstić information content (AvgIpc) is 2.62. The lowest BCUT2D eigenvalue weighted by Gasteiger charge is -2.07. The summed E-state index contributed by atoms with van der Waals surface area (Å²) >= 11 is 11.9. The zero-order valence-electron chi connectivity index (χ0n) is 13.0. The topological polar surface area (TPSA) is 52.9 Å². The highest BCUT2D eigenvalue weighted by atomic mass is 35.5. The molecule has 3 aromatic rings. The molecule has 0 saturated carbocycles. The predicted octanol–water partition coefficient (Wildman–Crippen LogP) is 5.69. The molecule has 25 heavy (non-hydrogen) atoms. The van der Waals surface area contributed by atoms with Gasteiger partial charge in [0.1, 0.15) is 11.6 Å². The molecule has 0 bridgehead atoms. The lowest BCUT2D eigenvalue weighted by atomic mass is 10.0. The van der Waals surface area contributed by atoms with Crippen molar-refractivity contribution >= 4 is 51.6 Å². The third-order valence-corrected chi connectivity index (χ3v) is 4.22. The first-order chi connectivity index (χ1) is 12.1. The number of benzene rings is 3. The van der Waals surface area contributed by atoms with Gasteiger partial charge in [-0.25, -0.2) is 0 Å². The second kappa shape index (κ2) is 7.40. The molecule has 0 fully saturated rings. The van der Waals surface area contributed by atoms with Crippen LogP contribution in [0, 0.1) is 11.3 Å². The van der Waals surface area contributed by atoms with E-state index in [1.54, 1.807) is 18.2 Å². The van der Waals surface area contributed by atoms with Gasteiger partial charge >= 0.3 is 0 Å². The van der Waals surface area contributed by atoms with E-state index in [1.165, 1.54) is 6.07 Å². The lowest BCUT2D eigenvalue weighted by Crippen LogP contribution is -2.13. The summed E-state index contributed by atoms with van der Waals surface area (Å²) in [6, 6.07) is 20.2. The number of carbonyl (C=O) groups is 1. The van der Waals surface area contributed by atoms with Crippen molar-refractivity contribution in [1.29, 1.82) is 5.26 Å². The molecule has 0 atom stereocenters. The summed E-state index contributed by atoms with van der Waals surface area (Å²) in [5.74, 6) is -0.528. The molecule has 0 aliphatic heterocycles. The first-order valence-corrected chi connectivity index (χ1v) is 8.20. The largest absolute Gasteiger partial charge is 0.320 e. The number of rotatable bonds is 3. The Hall–Kier alpha value is -2.80. The third kappa shape index (κ3) is 3.83. The number of nitrogens with one attached hydrogen (secondary N) is 1. The maximum absolute atomic E-state index is 12.4. The summed E-state index contributed by atoms with van der Waals surface area (Å²) in [4.78, 5) is 12.4. The maximum atomic E-state index is 12.4. The number of halogens is 2. The minimum Gasteiger partial charge on any atom is -0.320 e. The summed E-state index contributed by atoms with van der Waals surface area (Å²) in [6.45, 7) is 0. The van der Waals surface area contributed by atoms with Crippen molar-refractivity contribution in [2.75, 3.05) is 5.32 Å². The van der Waals surface area contributed by atoms with Gasteiger partial charge in [0.15, 0.2) is 0 Å². The summed E-state index contributed by atoms with van der Waals surface area (Å²) < 4.78 is 0. The van der Waals surface area contributed by atoms with E-state index in [0.717, 1.165) is 16.3 Å². The highest BCUT2D eigenvalue weighted by Gasteiger charge is 2.12. The summed E-state index contributed by atoms with van der Waals surface area (Å²) in [7, 11) is 0. The monoisotopic (exact) mass is 366 g/mol. The zero-order chi connectivity index (χ0) is 17.8. The van der Waals surface area contributed by atoms with Gasteiger partial charge in [-0.1, -0.05) is 65.7 Å². The van der Waals surface area contributed by atoms with Gasteiger partial charge in [0.2, 0.25) is 0 Å². The van der Waals surface area contributed by atoms with E-state index < -0.39 is 5.91 Å². The Labute approximate surface area is 155 Å². The van der Waals surface area contributed by atoms with Crippen molar-refractivity contribution < 1.29 is 4.79 Å². The molecule has 3 rings (SSSR count). The molecule has 0 unspecified atom stereocenters. The Bertz CT molecular complexity index is 1030. The molecule has 0 aliphatic carbocycles. The standard InChI is InChI=1S/C20H12Cl2N2O/c21-16-8-9-19(18(22)11-16)24-20(25)15(12-23)10-14-6-3-5-13-4-1-2-7-17(13)14/h1-11H,(H,24,25). The minimum absolute atomic E-state index is 0.0117. The van der Waals surface area contributed by atoms with E-state index in [2.05, 4.69) is 5.32 Å². The van der Waals surface area contributed by atoms with Crippen LogP contribution in [0.15, 0.2) is 66.2 Å². The minimum atomic E-state index is -0.528. The number of fused-ring (bicyclic) bond motifs is 1. The smallest absolute Gasteiger partial charge is 0.266 e. The van der Waals surface area contributed by atoms with Crippen LogP contribution in [0.3, 0.4) is 0 Å². The number of hydrogen-bond acceptors (Lipinski definition) is 2. The van der Waals surface area contributed by atoms with Crippen LogP contribution in [-0.4, -0.2) is 5.91 Å². The normalized spacial score (nSPS) is 11.2. The highest BCUT2D eigenvalue weighted by molar-refractivity contribution is 6.37. The van der Waals surface area contributed by atoms with Crippen LogP contribution in [0.4, 0.5) is 5.69 Å². The van der Waals surface area contributed by atoms with Crippen LogP contribution in [0.25, 0.3) is 16.8 Å². The molecule has 122 valence electrons. The number of nitrogens with zero attached hydrogens (tertiary/aromatic N) is 1. The van der Waals surface area contributed by atoms with Crippen molar-refractivity contribution in [3.8, 4) is 6.07 Å². The second-order valence-electron chi connectivity index (χ2n) is 5.32. The van der Waals surface area contributed by atoms with Gasteiger partial charge in [0, 0.05) is 5.02 Å². The first-order valence-electron chi connectivity index (χ1n) is 7.44. The van der Waals surface area contributed by atoms with Gasteiger partial charge in [-0.05, 0) is 40.6 Å². The second-order valence-corrected chi connectivity index (χ2v) is 6.16. The van der Waals surface area contributed by atoms with E-state index in [4.69, 9.17) is 23.2 Å². The van der Waals surface area contributed by atoms with E-state index in [1.807, 2.05) is 48.5 Å². The van der Waals surface area contributed by atoms with Crippen LogP contribution in [0.2, 0.25) is 10.0 Å². The molecule has 0 aromatic heterocycles. The van der Waals surface area contributed by atoms with Gasteiger partial charge < -0.3 is 5.32 Å². The fraction of sp³-hybridized carbons (Fsp3) is 0. The van der Waals surface area contributed by atoms with Gasteiger partial charge in [0.05, 0.1) is 10.7 Å². The number of nitriles is 1. The summed E-state index contributed by atoms with van der Waals surface area (Å²) in [5.41, 5.74) is 1.18. The molecule has 0 radical (unpaired) electrons. The lowest BCUT2D eigenvalue weighted by molar-refractivity contribution is -0.112. The number of carbonyl (C=O) groups excluding carboxylic acids is 1. The maximum Gasteiger partial charge on any atom is 0.266 e. The van der Waals surface area contributed by atoms with Crippen molar-refractivity contribution in [3.63, 3.8) is 0 Å². The first kappa shape index (κ1) is 17.0. The van der Waals surface area contributed by atoms with Crippen molar-refractivity contribution in [2.24, 2.45) is 0 Å². The number of amides is 1. The van der Waals surface area contributed by atoms with E-state index in [-0.39, 0.29) is 5.57 Å². The van der Waals surface area contributed by atoms with Crippen molar-refractivity contribution in [3.05, 3.63) is 81.8 Å².